The maximum atomic E-state index is 12.8. The number of aromatic nitrogens is 2. The third-order valence-electron chi connectivity index (χ3n) is 6.43. The second-order valence-corrected chi connectivity index (χ2v) is 10.2. The lowest BCUT2D eigenvalue weighted by molar-refractivity contribution is -0.181. The number of oxime groups is 1. The fourth-order valence-electron chi connectivity index (χ4n) is 4.45. The number of hydrogen-bond donors (Lipinski definition) is 2. The lowest BCUT2D eigenvalue weighted by Crippen LogP contribution is -2.35. The number of rotatable bonds is 7. The molecule has 2 heterocycles. The van der Waals surface area contributed by atoms with Gasteiger partial charge in [0.05, 0.1) is 46.9 Å². The zero-order chi connectivity index (χ0) is 25.0. The Morgan fingerprint density at radius 1 is 1.34 bits per heavy atom. The van der Waals surface area contributed by atoms with E-state index in [1.54, 1.807) is 25.3 Å². The van der Waals surface area contributed by atoms with Crippen molar-refractivity contribution in [2.24, 2.45) is 11.1 Å². The molecule has 1 saturated heterocycles. The number of ether oxygens (including phenoxy) is 3. The van der Waals surface area contributed by atoms with Gasteiger partial charge in [-0.25, -0.2) is 0 Å². The minimum Gasteiger partial charge on any atom is -0.494 e. The minimum atomic E-state index is -0.398. The van der Waals surface area contributed by atoms with E-state index in [0.29, 0.717) is 33.9 Å². The molecule has 0 bridgehead atoms. The van der Waals surface area contributed by atoms with Crippen LogP contribution in [-0.4, -0.2) is 52.7 Å². The molecule has 2 aliphatic rings. The molecular formula is C25H31IN4O5. The van der Waals surface area contributed by atoms with E-state index in [0.717, 1.165) is 36.6 Å². The van der Waals surface area contributed by atoms with Gasteiger partial charge in [-0.1, -0.05) is 25.1 Å². The lowest BCUT2D eigenvalue weighted by Gasteiger charge is -2.35. The van der Waals surface area contributed by atoms with Crippen LogP contribution >= 0.6 is 22.6 Å². The van der Waals surface area contributed by atoms with Crippen molar-refractivity contribution in [2.45, 2.75) is 51.4 Å². The van der Waals surface area contributed by atoms with E-state index in [2.05, 4.69) is 10.5 Å². The smallest absolute Gasteiger partial charge is 0.261 e. The molecule has 1 aromatic carbocycles. The van der Waals surface area contributed by atoms with Gasteiger partial charge in [-0.05, 0) is 59.6 Å². The average molecular weight is 594 g/mol. The van der Waals surface area contributed by atoms with Gasteiger partial charge >= 0.3 is 0 Å². The van der Waals surface area contributed by atoms with E-state index in [1.165, 1.54) is 0 Å². The number of allylic oxidation sites excluding steroid dienone is 3. The van der Waals surface area contributed by atoms with E-state index in [9.17, 15) is 4.79 Å². The van der Waals surface area contributed by atoms with Gasteiger partial charge in [-0.2, -0.15) is 5.10 Å². The third-order valence-corrected chi connectivity index (χ3v) is 7.28. The Kier molecular flexibility index (Phi) is 8.12. The van der Waals surface area contributed by atoms with Crippen molar-refractivity contribution in [1.29, 1.82) is 0 Å². The number of nitrogens with one attached hydrogen (secondary N) is 1. The van der Waals surface area contributed by atoms with Gasteiger partial charge in [0, 0.05) is 30.5 Å². The van der Waals surface area contributed by atoms with E-state index in [1.807, 2.05) is 59.4 Å². The molecule has 35 heavy (non-hydrogen) atoms. The molecule has 1 aliphatic carbocycles. The minimum absolute atomic E-state index is 0.0761. The SMILES string of the molecule is COc1cc2nn(C3CCC4(CC3)OCCO4)cc2cc1NC(=O)/C(I)=C/C=C\C(=N\O)C(C)C. The van der Waals surface area contributed by atoms with E-state index < -0.39 is 5.79 Å². The molecule has 1 aromatic heterocycles. The van der Waals surface area contributed by atoms with Crippen LogP contribution in [0.3, 0.4) is 0 Å². The number of anilines is 1. The summed E-state index contributed by atoms with van der Waals surface area (Å²) >= 11 is 1.98. The molecule has 0 unspecified atom stereocenters. The van der Waals surface area contributed by atoms with Crippen LogP contribution in [0.5, 0.6) is 5.75 Å². The van der Waals surface area contributed by atoms with Crippen molar-refractivity contribution in [1.82, 2.24) is 9.78 Å². The molecule has 1 amide bonds. The maximum Gasteiger partial charge on any atom is 0.261 e. The molecule has 188 valence electrons. The van der Waals surface area contributed by atoms with Gasteiger partial charge in [-0.15, -0.1) is 0 Å². The van der Waals surface area contributed by atoms with Crippen LogP contribution in [0.15, 0.2) is 45.3 Å². The number of benzene rings is 1. The van der Waals surface area contributed by atoms with Crippen LogP contribution in [0.1, 0.15) is 45.6 Å². The highest BCUT2D eigenvalue weighted by Crippen LogP contribution is 2.40. The van der Waals surface area contributed by atoms with Gasteiger partial charge in [-0.3, -0.25) is 9.48 Å². The molecule has 0 radical (unpaired) electrons. The number of carbonyl (C=O) groups is 1. The quantitative estimate of drug-likeness (QED) is 0.114. The van der Waals surface area contributed by atoms with Gasteiger partial charge < -0.3 is 24.7 Å². The van der Waals surface area contributed by atoms with E-state index >= 15 is 0 Å². The Hall–Kier alpha value is -2.44. The van der Waals surface area contributed by atoms with Gasteiger partial charge in [0.15, 0.2) is 5.79 Å². The molecule has 4 rings (SSSR count). The first-order chi connectivity index (χ1) is 16.8. The first-order valence-corrected chi connectivity index (χ1v) is 12.8. The average Bonchev–Trinajstić information content (AvgIpc) is 3.48. The Morgan fingerprint density at radius 3 is 2.69 bits per heavy atom. The third kappa shape index (κ3) is 5.87. The Bertz CT molecular complexity index is 1150. The Balaban J connectivity index is 1.48. The zero-order valence-corrected chi connectivity index (χ0v) is 22.3. The van der Waals surface area contributed by atoms with Crippen LogP contribution in [0.4, 0.5) is 5.69 Å². The molecule has 10 heteroatoms. The molecule has 9 nitrogen and oxygen atoms in total. The monoisotopic (exact) mass is 594 g/mol. The summed E-state index contributed by atoms with van der Waals surface area (Å²) in [5.74, 6) is -0.0421. The van der Waals surface area contributed by atoms with Gasteiger partial charge in [0.25, 0.3) is 5.91 Å². The number of methoxy groups -OCH3 is 1. The van der Waals surface area contributed by atoms with Crippen LogP contribution < -0.4 is 10.1 Å². The van der Waals surface area contributed by atoms with Crippen molar-refractivity contribution in [3.05, 3.63) is 40.1 Å². The number of nitrogens with zero attached hydrogens (tertiary/aromatic N) is 3. The summed E-state index contributed by atoms with van der Waals surface area (Å²) in [6.07, 6.45) is 10.7. The summed E-state index contributed by atoms with van der Waals surface area (Å²) in [6.45, 7) is 5.19. The summed E-state index contributed by atoms with van der Waals surface area (Å²) < 4.78 is 19.7. The van der Waals surface area contributed by atoms with E-state index in [4.69, 9.17) is 24.5 Å². The molecular weight excluding hydrogens is 563 g/mol. The number of halogens is 1. The fraction of sp³-hybridized carbons (Fsp3) is 0.480. The highest BCUT2D eigenvalue weighted by atomic mass is 127. The van der Waals surface area contributed by atoms with Crippen LogP contribution in [0, 0.1) is 5.92 Å². The largest absolute Gasteiger partial charge is 0.494 e. The molecule has 1 spiro atoms. The van der Waals surface area contributed by atoms with Crippen molar-refractivity contribution in [2.75, 3.05) is 25.6 Å². The second-order valence-electron chi connectivity index (χ2n) is 9.07. The van der Waals surface area contributed by atoms with Gasteiger partial charge in [0.2, 0.25) is 0 Å². The normalized spacial score (nSPS) is 19.3. The summed E-state index contributed by atoms with van der Waals surface area (Å²) in [5, 5.41) is 20.9. The standard InChI is InChI=1S/C25H31IN4O5/c1-16(2)20(29-32)6-4-5-19(26)24(31)27-22-13-17-15-30(28-21(17)14-23(22)33-3)18-7-9-25(10-8-18)34-11-12-35-25/h4-6,13-16,18,32H,7-12H2,1-3H3,(H,27,31)/b6-4-,19-5-,29-20-. The van der Waals surface area contributed by atoms with Crippen molar-refractivity contribution in [3.8, 4) is 5.75 Å². The second kappa shape index (κ2) is 11.1. The van der Waals surface area contributed by atoms with Crippen molar-refractivity contribution >= 4 is 50.8 Å². The number of fused-ring (bicyclic) bond motifs is 1. The fourth-order valence-corrected chi connectivity index (χ4v) is 4.79. The summed E-state index contributed by atoms with van der Waals surface area (Å²) in [5.41, 5.74) is 1.92. The first-order valence-electron chi connectivity index (χ1n) is 11.8. The molecule has 0 atom stereocenters. The molecule has 1 aliphatic heterocycles. The predicted molar refractivity (Wildman–Crippen MR) is 142 cm³/mol. The summed E-state index contributed by atoms with van der Waals surface area (Å²) in [6, 6.07) is 4.01. The number of hydrogen-bond acceptors (Lipinski definition) is 7. The van der Waals surface area contributed by atoms with Crippen LogP contribution in [0.2, 0.25) is 0 Å². The molecule has 2 N–H and O–H groups in total. The highest BCUT2D eigenvalue weighted by molar-refractivity contribution is 14.1. The maximum absolute atomic E-state index is 12.8. The number of carbonyl (C=O) groups excluding carboxylic acids is 1. The highest BCUT2D eigenvalue weighted by Gasteiger charge is 2.40. The molecule has 2 fully saturated rings. The summed E-state index contributed by atoms with van der Waals surface area (Å²) in [4.78, 5) is 12.8. The van der Waals surface area contributed by atoms with E-state index in [-0.39, 0.29) is 17.9 Å². The van der Waals surface area contributed by atoms with Crippen molar-refractivity contribution in [3.63, 3.8) is 0 Å². The zero-order valence-electron chi connectivity index (χ0n) is 20.2. The molecule has 2 aromatic rings. The first kappa shape index (κ1) is 25.6. The topological polar surface area (TPSA) is 107 Å². The Morgan fingerprint density at radius 2 is 2.06 bits per heavy atom. The van der Waals surface area contributed by atoms with Gasteiger partial charge in [0.1, 0.15) is 5.75 Å². The Labute approximate surface area is 218 Å². The van der Waals surface area contributed by atoms with Crippen LogP contribution in [-0.2, 0) is 14.3 Å². The van der Waals surface area contributed by atoms with Crippen LogP contribution in [0.25, 0.3) is 10.9 Å². The lowest BCUT2D eigenvalue weighted by atomic mass is 9.90. The summed E-state index contributed by atoms with van der Waals surface area (Å²) in [7, 11) is 1.57. The predicted octanol–water partition coefficient (Wildman–Crippen LogP) is 5.20. The number of amides is 1. The molecule has 1 saturated carbocycles. The van der Waals surface area contributed by atoms with Crippen molar-refractivity contribution < 1.29 is 24.2 Å².